The number of benzene rings is 2. The molecule has 168 valence electrons. The van der Waals surface area contributed by atoms with Gasteiger partial charge in [0.25, 0.3) is 0 Å². The number of hydrogen-bond acceptors (Lipinski definition) is 3. The lowest BCUT2D eigenvalue weighted by molar-refractivity contribution is 0.0792. The molecule has 2 aromatic rings. The molecular formula is C26H38N4O. The number of likely N-dealkylation sites (tertiary alicyclic amines) is 1. The highest BCUT2D eigenvalue weighted by Crippen LogP contribution is 2.14. The van der Waals surface area contributed by atoms with Gasteiger partial charge in [0.05, 0.1) is 12.6 Å². The third-order valence-electron chi connectivity index (χ3n) is 5.84. The zero-order valence-electron chi connectivity index (χ0n) is 19.1. The van der Waals surface area contributed by atoms with Crippen molar-refractivity contribution in [1.29, 1.82) is 0 Å². The van der Waals surface area contributed by atoms with Crippen LogP contribution in [0.15, 0.2) is 59.6 Å². The highest BCUT2D eigenvalue weighted by atomic mass is 16.3. The van der Waals surface area contributed by atoms with Crippen LogP contribution in [-0.4, -0.2) is 47.7 Å². The third-order valence-corrected chi connectivity index (χ3v) is 5.84. The number of nitrogens with one attached hydrogen (secondary N) is 2. The van der Waals surface area contributed by atoms with Crippen LogP contribution in [0.4, 0.5) is 0 Å². The van der Waals surface area contributed by atoms with Gasteiger partial charge in [-0.15, -0.1) is 0 Å². The number of aliphatic imine (C=N–C) groups is 1. The highest BCUT2D eigenvalue weighted by molar-refractivity contribution is 5.80. The molecule has 0 spiro atoms. The number of rotatable bonds is 9. The van der Waals surface area contributed by atoms with Gasteiger partial charge < -0.3 is 15.7 Å². The lowest BCUT2D eigenvalue weighted by Gasteiger charge is -2.29. The van der Waals surface area contributed by atoms with E-state index in [-0.39, 0.29) is 6.10 Å². The molecule has 5 heteroatoms. The Morgan fingerprint density at radius 2 is 1.71 bits per heavy atom. The Labute approximate surface area is 187 Å². The minimum atomic E-state index is -0.114. The molecule has 3 N–H and O–H groups in total. The van der Waals surface area contributed by atoms with Crippen LogP contribution in [0.25, 0.3) is 0 Å². The Kier molecular flexibility index (Phi) is 9.38. The predicted octanol–water partition coefficient (Wildman–Crippen LogP) is 3.72. The molecule has 0 saturated carbocycles. The van der Waals surface area contributed by atoms with E-state index >= 15 is 0 Å². The van der Waals surface area contributed by atoms with Crippen molar-refractivity contribution in [2.75, 3.05) is 19.6 Å². The molecule has 0 aliphatic carbocycles. The summed E-state index contributed by atoms with van der Waals surface area (Å²) in [4.78, 5) is 7.21. The van der Waals surface area contributed by atoms with Crippen LogP contribution in [0.5, 0.6) is 0 Å². The number of hydrogen-bond donors (Lipinski definition) is 3. The standard InChI is InChI=1S/C26H38N4O/c1-3-27-26(29-21(2)9-10-22-7-5-4-6-8-22)28-19-23-11-13-24(14-12-23)20-30-17-15-25(31)16-18-30/h4-8,11-14,21,25,31H,3,9-10,15-20H2,1-2H3,(H2,27,28,29). The molecule has 1 atom stereocenters. The smallest absolute Gasteiger partial charge is 0.191 e. The molecule has 1 unspecified atom stereocenters. The van der Waals surface area contributed by atoms with Crippen molar-refractivity contribution in [2.45, 2.75) is 64.8 Å². The molecule has 1 saturated heterocycles. The lowest BCUT2D eigenvalue weighted by Crippen LogP contribution is -2.42. The maximum absolute atomic E-state index is 9.66. The quantitative estimate of drug-likeness (QED) is 0.426. The van der Waals surface area contributed by atoms with Crippen molar-refractivity contribution in [3.05, 3.63) is 71.3 Å². The summed E-state index contributed by atoms with van der Waals surface area (Å²) in [6.45, 7) is 8.74. The highest BCUT2D eigenvalue weighted by Gasteiger charge is 2.16. The second-order valence-corrected chi connectivity index (χ2v) is 8.59. The van der Waals surface area contributed by atoms with E-state index < -0.39 is 0 Å². The number of guanidine groups is 1. The van der Waals surface area contributed by atoms with Gasteiger partial charge in [-0.1, -0.05) is 54.6 Å². The zero-order valence-corrected chi connectivity index (χ0v) is 19.1. The van der Waals surface area contributed by atoms with Crippen LogP contribution < -0.4 is 10.6 Å². The monoisotopic (exact) mass is 422 g/mol. The average Bonchev–Trinajstić information content (AvgIpc) is 2.79. The van der Waals surface area contributed by atoms with Gasteiger partial charge in [-0.05, 0) is 56.2 Å². The lowest BCUT2D eigenvalue weighted by atomic mass is 10.1. The molecule has 2 aromatic carbocycles. The maximum atomic E-state index is 9.66. The van der Waals surface area contributed by atoms with E-state index in [0.29, 0.717) is 12.6 Å². The van der Waals surface area contributed by atoms with Crippen LogP contribution in [-0.2, 0) is 19.5 Å². The molecule has 0 amide bonds. The van der Waals surface area contributed by atoms with Gasteiger partial charge in [-0.25, -0.2) is 4.99 Å². The maximum Gasteiger partial charge on any atom is 0.191 e. The molecule has 5 nitrogen and oxygen atoms in total. The van der Waals surface area contributed by atoms with Gasteiger partial charge in [0, 0.05) is 32.2 Å². The Hall–Kier alpha value is -2.37. The van der Waals surface area contributed by atoms with Crippen LogP contribution in [0, 0.1) is 0 Å². The fourth-order valence-corrected chi connectivity index (χ4v) is 3.91. The molecule has 1 aliphatic heterocycles. The summed E-state index contributed by atoms with van der Waals surface area (Å²) < 4.78 is 0. The van der Waals surface area contributed by atoms with Crippen LogP contribution in [0.2, 0.25) is 0 Å². The Morgan fingerprint density at radius 3 is 2.39 bits per heavy atom. The van der Waals surface area contributed by atoms with Crippen LogP contribution in [0.3, 0.4) is 0 Å². The minimum Gasteiger partial charge on any atom is -0.393 e. The molecule has 0 bridgehead atoms. The molecule has 1 aliphatic rings. The zero-order chi connectivity index (χ0) is 21.9. The fraction of sp³-hybridized carbons (Fsp3) is 0.500. The van der Waals surface area contributed by atoms with Crippen molar-refractivity contribution in [3.8, 4) is 0 Å². The summed E-state index contributed by atoms with van der Waals surface area (Å²) in [7, 11) is 0. The second kappa shape index (κ2) is 12.5. The van der Waals surface area contributed by atoms with Crippen molar-refractivity contribution in [2.24, 2.45) is 4.99 Å². The van der Waals surface area contributed by atoms with Gasteiger partial charge in [-0.3, -0.25) is 4.90 Å². The largest absolute Gasteiger partial charge is 0.393 e. The number of aryl methyl sites for hydroxylation is 1. The van der Waals surface area contributed by atoms with Crippen LogP contribution >= 0.6 is 0 Å². The SMILES string of the molecule is CCNC(=NCc1ccc(CN2CCC(O)CC2)cc1)NC(C)CCc1ccccc1. The van der Waals surface area contributed by atoms with Gasteiger partial charge in [0.15, 0.2) is 5.96 Å². The summed E-state index contributed by atoms with van der Waals surface area (Å²) >= 11 is 0. The molecule has 1 fully saturated rings. The van der Waals surface area contributed by atoms with E-state index in [0.717, 1.165) is 57.8 Å². The van der Waals surface area contributed by atoms with Crippen LogP contribution in [0.1, 0.15) is 49.8 Å². The summed E-state index contributed by atoms with van der Waals surface area (Å²) in [5.74, 6) is 0.874. The van der Waals surface area contributed by atoms with E-state index in [9.17, 15) is 5.11 Å². The first-order valence-electron chi connectivity index (χ1n) is 11.7. The van der Waals surface area contributed by atoms with Crippen molar-refractivity contribution >= 4 is 5.96 Å². The first-order chi connectivity index (χ1) is 15.1. The van der Waals surface area contributed by atoms with E-state index in [2.05, 4.69) is 84.0 Å². The van der Waals surface area contributed by atoms with Crippen molar-refractivity contribution in [1.82, 2.24) is 15.5 Å². The molecule has 31 heavy (non-hydrogen) atoms. The Bertz CT molecular complexity index is 783. The number of aliphatic hydroxyl groups is 1. The van der Waals surface area contributed by atoms with E-state index in [1.54, 1.807) is 0 Å². The van der Waals surface area contributed by atoms with Crippen molar-refractivity contribution < 1.29 is 5.11 Å². The normalized spacial score (nSPS) is 16.8. The first-order valence-corrected chi connectivity index (χ1v) is 11.7. The number of nitrogens with zero attached hydrogens (tertiary/aromatic N) is 2. The van der Waals surface area contributed by atoms with Gasteiger partial charge in [0.1, 0.15) is 0 Å². The Morgan fingerprint density at radius 1 is 1.03 bits per heavy atom. The third kappa shape index (κ3) is 8.35. The Balaban J connectivity index is 1.47. The molecule has 0 radical (unpaired) electrons. The van der Waals surface area contributed by atoms with E-state index in [1.165, 1.54) is 16.7 Å². The predicted molar refractivity (Wildman–Crippen MR) is 129 cm³/mol. The molecule has 1 heterocycles. The topological polar surface area (TPSA) is 59.9 Å². The fourth-order valence-electron chi connectivity index (χ4n) is 3.91. The minimum absolute atomic E-state index is 0.114. The molecular weight excluding hydrogens is 384 g/mol. The molecule has 0 aromatic heterocycles. The summed E-state index contributed by atoms with van der Waals surface area (Å²) in [6, 6.07) is 19.8. The van der Waals surface area contributed by atoms with Gasteiger partial charge in [0.2, 0.25) is 0 Å². The first kappa shape index (κ1) is 23.3. The van der Waals surface area contributed by atoms with E-state index in [1.807, 2.05) is 0 Å². The second-order valence-electron chi connectivity index (χ2n) is 8.59. The van der Waals surface area contributed by atoms with Gasteiger partial charge in [-0.2, -0.15) is 0 Å². The average molecular weight is 423 g/mol. The summed E-state index contributed by atoms with van der Waals surface area (Å²) in [6.07, 6.45) is 3.79. The van der Waals surface area contributed by atoms with Gasteiger partial charge >= 0.3 is 0 Å². The van der Waals surface area contributed by atoms with E-state index in [4.69, 9.17) is 4.99 Å². The number of piperidine rings is 1. The molecule has 3 rings (SSSR count). The summed E-state index contributed by atoms with van der Waals surface area (Å²) in [5, 5.41) is 16.6. The number of aliphatic hydroxyl groups excluding tert-OH is 1. The van der Waals surface area contributed by atoms with Crippen molar-refractivity contribution in [3.63, 3.8) is 0 Å². The summed E-state index contributed by atoms with van der Waals surface area (Å²) in [5.41, 5.74) is 3.91.